The van der Waals surface area contributed by atoms with E-state index in [2.05, 4.69) is 27.2 Å². The molecule has 0 saturated carbocycles. The van der Waals surface area contributed by atoms with Crippen LogP contribution in [0.2, 0.25) is 0 Å². The second-order valence-electron chi connectivity index (χ2n) is 7.10. The highest BCUT2D eigenvalue weighted by atomic mass is 16.5. The largest absolute Gasteiger partial charge is 0.497 e. The predicted molar refractivity (Wildman–Crippen MR) is 108 cm³/mol. The number of ether oxygens (including phenoxy) is 1. The number of nitrogens with zero attached hydrogens (tertiary/aromatic N) is 2. The highest BCUT2D eigenvalue weighted by molar-refractivity contribution is 5.78. The van der Waals surface area contributed by atoms with Crippen LogP contribution in [-0.2, 0) is 11.3 Å². The fourth-order valence-electron chi connectivity index (χ4n) is 3.45. The maximum atomic E-state index is 12.4. The minimum Gasteiger partial charge on any atom is -0.497 e. The van der Waals surface area contributed by atoms with Crippen LogP contribution in [0.25, 0.3) is 0 Å². The quantitative estimate of drug-likeness (QED) is 0.817. The Morgan fingerprint density at radius 3 is 2.44 bits per heavy atom. The molecule has 144 valence electrons. The molecule has 2 aromatic rings. The van der Waals surface area contributed by atoms with Gasteiger partial charge in [-0.05, 0) is 30.2 Å². The summed E-state index contributed by atoms with van der Waals surface area (Å²) in [6.45, 7) is 7.18. The smallest absolute Gasteiger partial charge is 0.234 e. The number of carbonyl (C=O) groups is 1. The van der Waals surface area contributed by atoms with Crippen LogP contribution in [0.1, 0.15) is 24.1 Å². The average Bonchev–Trinajstić information content (AvgIpc) is 2.70. The Hall–Kier alpha value is -2.37. The summed E-state index contributed by atoms with van der Waals surface area (Å²) in [5.74, 6) is 0.989. The molecule has 0 bridgehead atoms. The number of carbonyl (C=O) groups excluding carboxylic acids is 1. The van der Waals surface area contributed by atoms with Crippen LogP contribution in [0.4, 0.5) is 0 Å². The Bertz CT molecular complexity index is 727. The summed E-state index contributed by atoms with van der Waals surface area (Å²) in [6, 6.07) is 18.3. The molecule has 0 radical (unpaired) electrons. The molecule has 1 fully saturated rings. The number of nitrogens with one attached hydrogen (secondary N) is 1. The third-order valence-electron chi connectivity index (χ3n) is 5.05. The van der Waals surface area contributed by atoms with Crippen LogP contribution in [0.15, 0.2) is 54.6 Å². The Balaban J connectivity index is 1.41. The lowest BCUT2D eigenvalue weighted by Gasteiger charge is -2.34. The zero-order chi connectivity index (χ0) is 19.1. The molecule has 0 spiro atoms. The van der Waals surface area contributed by atoms with E-state index >= 15 is 0 Å². The zero-order valence-corrected chi connectivity index (χ0v) is 16.2. The van der Waals surface area contributed by atoms with Crippen molar-refractivity contribution in [1.82, 2.24) is 15.1 Å². The summed E-state index contributed by atoms with van der Waals surface area (Å²) < 4.78 is 5.30. The van der Waals surface area contributed by atoms with Gasteiger partial charge in [0.25, 0.3) is 0 Å². The van der Waals surface area contributed by atoms with Crippen molar-refractivity contribution in [3.63, 3.8) is 0 Å². The molecule has 1 heterocycles. The maximum Gasteiger partial charge on any atom is 0.234 e. The summed E-state index contributed by atoms with van der Waals surface area (Å²) in [5, 5.41) is 3.10. The van der Waals surface area contributed by atoms with Crippen LogP contribution in [0.3, 0.4) is 0 Å². The topological polar surface area (TPSA) is 44.8 Å². The second kappa shape index (κ2) is 9.53. The molecule has 1 amide bonds. The molecule has 1 saturated heterocycles. The van der Waals surface area contributed by atoms with Crippen molar-refractivity contribution >= 4 is 5.91 Å². The molecule has 1 aliphatic heterocycles. The third-order valence-corrected chi connectivity index (χ3v) is 5.05. The number of amides is 1. The van der Waals surface area contributed by atoms with Crippen LogP contribution >= 0.6 is 0 Å². The number of piperazine rings is 1. The minimum absolute atomic E-state index is 0.0352. The molecule has 3 rings (SSSR count). The SMILES string of the molecule is COc1cccc(CN2CCN(CC(=O)NC(C)c3ccccc3)CC2)c1. The molecule has 1 atom stereocenters. The van der Waals surface area contributed by atoms with Gasteiger partial charge in [0.15, 0.2) is 0 Å². The second-order valence-corrected chi connectivity index (χ2v) is 7.10. The lowest BCUT2D eigenvalue weighted by Crippen LogP contribution is -2.49. The molecular weight excluding hydrogens is 338 g/mol. The first-order valence-corrected chi connectivity index (χ1v) is 9.56. The minimum atomic E-state index is 0.0352. The Kier molecular flexibility index (Phi) is 6.85. The van der Waals surface area contributed by atoms with Crippen molar-refractivity contribution in [3.05, 3.63) is 65.7 Å². The number of rotatable bonds is 7. The maximum absolute atomic E-state index is 12.4. The summed E-state index contributed by atoms with van der Waals surface area (Å²) in [4.78, 5) is 17.0. The predicted octanol–water partition coefficient (Wildman–Crippen LogP) is 2.69. The van der Waals surface area contributed by atoms with Crippen LogP contribution in [0.5, 0.6) is 5.75 Å². The van der Waals surface area contributed by atoms with E-state index in [-0.39, 0.29) is 11.9 Å². The van der Waals surface area contributed by atoms with Gasteiger partial charge in [-0.1, -0.05) is 42.5 Å². The number of hydrogen-bond acceptors (Lipinski definition) is 4. The van der Waals surface area contributed by atoms with Crippen LogP contribution in [-0.4, -0.2) is 55.5 Å². The first-order chi connectivity index (χ1) is 13.1. The molecule has 27 heavy (non-hydrogen) atoms. The number of benzene rings is 2. The molecule has 1 N–H and O–H groups in total. The van der Waals surface area contributed by atoms with E-state index in [0.717, 1.165) is 44.0 Å². The first kappa shape index (κ1) is 19.4. The van der Waals surface area contributed by atoms with Crippen LogP contribution < -0.4 is 10.1 Å². The van der Waals surface area contributed by atoms with Crippen molar-refractivity contribution in [2.45, 2.75) is 19.5 Å². The van der Waals surface area contributed by atoms with Crippen molar-refractivity contribution in [2.75, 3.05) is 39.8 Å². The lowest BCUT2D eigenvalue weighted by atomic mass is 10.1. The van der Waals surface area contributed by atoms with Gasteiger partial charge in [0.1, 0.15) is 5.75 Å². The highest BCUT2D eigenvalue weighted by Crippen LogP contribution is 2.15. The van der Waals surface area contributed by atoms with Gasteiger partial charge in [0, 0.05) is 32.7 Å². The molecule has 2 aromatic carbocycles. The standard InChI is InChI=1S/C22H29N3O2/c1-18(20-8-4-3-5-9-20)23-22(26)17-25-13-11-24(12-14-25)16-19-7-6-10-21(15-19)27-2/h3-10,15,18H,11-14,16-17H2,1-2H3,(H,23,26). The molecule has 1 aliphatic rings. The van der Waals surface area contributed by atoms with Crippen molar-refractivity contribution in [2.24, 2.45) is 0 Å². The Labute approximate surface area is 161 Å². The van der Waals surface area contributed by atoms with E-state index in [1.54, 1.807) is 7.11 Å². The highest BCUT2D eigenvalue weighted by Gasteiger charge is 2.20. The summed E-state index contributed by atoms with van der Waals surface area (Å²) in [6.07, 6.45) is 0. The summed E-state index contributed by atoms with van der Waals surface area (Å²) >= 11 is 0. The van der Waals surface area contributed by atoms with Crippen molar-refractivity contribution < 1.29 is 9.53 Å². The van der Waals surface area contributed by atoms with E-state index in [1.165, 1.54) is 5.56 Å². The molecule has 1 unspecified atom stereocenters. The van der Waals surface area contributed by atoms with E-state index in [0.29, 0.717) is 6.54 Å². The lowest BCUT2D eigenvalue weighted by molar-refractivity contribution is -0.123. The average molecular weight is 367 g/mol. The van der Waals surface area contributed by atoms with E-state index in [9.17, 15) is 4.79 Å². The number of hydrogen-bond donors (Lipinski definition) is 1. The summed E-state index contributed by atoms with van der Waals surface area (Å²) in [7, 11) is 1.70. The molecule has 0 aromatic heterocycles. The van der Waals surface area contributed by atoms with Gasteiger partial charge in [0.2, 0.25) is 5.91 Å². The Morgan fingerprint density at radius 1 is 1.04 bits per heavy atom. The van der Waals surface area contributed by atoms with Crippen molar-refractivity contribution in [1.29, 1.82) is 0 Å². The van der Waals surface area contributed by atoms with Gasteiger partial charge in [-0.15, -0.1) is 0 Å². The molecule has 5 heteroatoms. The number of methoxy groups -OCH3 is 1. The molecule has 5 nitrogen and oxygen atoms in total. The van der Waals surface area contributed by atoms with Gasteiger partial charge < -0.3 is 10.1 Å². The Morgan fingerprint density at radius 2 is 1.74 bits per heavy atom. The monoisotopic (exact) mass is 367 g/mol. The van der Waals surface area contributed by atoms with E-state index in [4.69, 9.17) is 4.74 Å². The zero-order valence-electron chi connectivity index (χ0n) is 16.2. The third kappa shape index (κ3) is 5.81. The van der Waals surface area contributed by atoms with E-state index in [1.807, 2.05) is 49.4 Å². The first-order valence-electron chi connectivity index (χ1n) is 9.56. The van der Waals surface area contributed by atoms with Gasteiger partial charge in [0.05, 0.1) is 19.7 Å². The van der Waals surface area contributed by atoms with Crippen molar-refractivity contribution in [3.8, 4) is 5.75 Å². The van der Waals surface area contributed by atoms with E-state index < -0.39 is 0 Å². The van der Waals surface area contributed by atoms with Gasteiger partial charge in [-0.2, -0.15) is 0 Å². The normalized spacial score (nSPS) is 16.7. The van der Waals surface area contributed by atoms with Gasteiger partial charge in [-0.25, -0.2) is 0 Å². The fourth-order valence-corrected chi connectivity index (χ4v) is 3.45. The molecular formula is C22H29N3O2. The summed E-state index contributed by atoms with van der Waals surface area (Å²) in [5.41, 5.74) is 2.39. The van der Waals surface area contributed by atoms with Gasteiger partial charge in [-0.3, -0.25) is 14.6 Å². The van der Waals surface area contributed by atoms with Crippen LogP contribution in [0, 0.1) is 0 Å². The fraction of sp³-hybridized carbons (Fsp3) is 0.409. The molecule has 0 aliphatic carbocycles. The van der Waals surface area contributed by atoms with Gasteiger partial charge >= 0.3 is 0 Å².